The van der Waals surface area contributed by atoms with Crippen molar-refractivity contribution < 1.29 is 9.18 Å². The van der Waals surface area contributed by atoms with E-state index >= 15 is 0 Å². The van der Waals surface area contributed by atoms with Crippen LogP contribution in [0.1, 0.15) is 15.4 Å². The zero-order valence-electron chi connectivity index (χ0n) is 15.8. The molecule has 0 bridgehead atoms. The summed E-state index contributed by atoms with van der Waals surface area (Å²) in [5, 5.41) is 4.66. The largest absolute Gasteiger partial charge is 0.346 e. The van der Waals surface area contributed by atoms with E-state index in [0.717, 1.165) is 16.0 Å². The lowest BCUT2D eigenvalue weighted by Crippen LogP contribution is -2.22. The van der Waals surface area contributed by atoms with E-state index in [4.69, 9.17) is 34.8 Å². The monoisotopic (exact) mass is 490 g/mol. The van der Waals surface area contributed by atoms with Gasteiger partial charge in [0.05, 0.1) is 15.6 Å². The number of thiazole rings is 1. The molecule has 0 saturated heterocycles. The number of benzene rings is 3. The number of rotatable bonds is 5. The van der Waals surface area contributed by atoms with E-state index in [1.54, 1.807) is 42.5 Å². The van der Waals surface area contributed by atoms with Crippen molar-refractivity contribution in [3.8, 4) is 21.7 Å². The molecule has 4 aromatic rings. The van der Waals surface area contributed by atoms with Gasteiger partial charge in [0.15, 0.2) is 5.01 Å². The van der Waals surface area contributed by atoms with E-state index in [1.807, 2.05) is 12.1 Å². The Hall–Kier alpha value is -2.44. The molecule has 0 fully saturated rings. The van der Waals surface area contributed by atoms with Gasteiger partial charge in [-0.25, -0.2) is 9.37 Å². The maximum atomic E-state index is 13.1. The molecule has 8 heteroatoms. The van der Waals surface area contributed by atoms with Gasteiger partial charge in [-0.05, 0) is 53.6 Å². The topological polar surface area (TPSA) is 42.0 Å². The summed E-state index contributed by atoms with van der Waals surface area (Å²) in [7, 11) is 0. The third kappa shape index (κ3) is 5.08. The van der Waals surface area contributed by atoms with Crippen molar-refractivity contribution in [2.24, 2.45) is 0 Å². The lowest BCUT2D eigenvalue weighted by Gasteiger charge is -2.05. The molecule has 0 unspecified atom stereocenters. The van der Waals surface area contributed by atoms with Crippen molar-refractivity contribution in [1.82, 2.24) is 10.3 Å². The van der Waals surface area contributed by atoms with Crippen LogP contribution in [0.5, 0.6) is 0 Å². The second-order valence-electron chi connectivity index (χ2n) is 6.64. The molecule has 4 rings (SSSR count). The number of nitrogens with one attached hydrogen (secondary N) is 1. The molecule has 1 N–H and O–H groups in total. The molecule has 0 aliphatic carbocycles. The van der Waals surface area contributed by atoms with Crippen LogP contribution in [0.4, 0.5) is 4.39 Å². The lowest BCUT2D eigenvalue weighted by molar-refractivity contribution is 0.0950. The number of hydrogen-bond donors (Lipinski definition) is 1. The van der Waals surface area contributed by atoms with Gasteiger partial charge < -0.3 is 5.32 Å². The Balaban J connectivity index is 1.69. The van der Waals surface area contributed by atoms with Crippen LogP contribution in [0.15, 0.2) is 66.7 Å². The highest BCUT2D eigenvalue weighted by Crippen LogP contribution is 2.40. The molecule has 3 nitrogen and oxygen atoms in total. The maximum Gasteiger partial charge on any atom is 0.280 e. The van der Waals surface area contributed by atoms with Crippen LogP contribution in [0.3, 0.4) is 0 Å². The predicted molar refractivity (Wildman–Crippen MR) is 126 cm³/mol. The van der Waals surface area contributed by atoms with E-state index in [-0.39, 0.29) is 23.3 Å². The van der Waals surface area contributed by atoms with Crippen LogP contribution in [-0.2, 0) is 6.54 Å². The van der Waals surface area contributed by atoms with Gasteiger partial charge in [-0.3, -0.25) is 4.79 Å². The number of carbonyl (C=O) groups excluding carboxylic acids is 1. The Morgan fingerprint density at radius 2 is 1.61 bits per heavy atom. The summed E-state index contributed by atoms with van der Waals surface area (Å²) >= 11 is 19.7. The molecule has 0 radical (unpaired) electrons. The molecule has 0 aliphatic heterocycles. The molecular weight excluding hydrogens is 478 g/mol. The van der Waals surface area contributed by atoms with Crippen molar-refractivity contribution in [3.05, 3.63) is 98.2 Å². The fraction of sp³-hybridized carbons (Fsp3) is 0.0435. The van der Waals surface area contributed by atoms with Gasteiger partial charge >= 0.3 is 0 Å². The fourth-order valence-electron chi connectivity index (χ4n) is 2.94. The normalized spacial score (nSPS) is 10.8. The summed E-state index contributed by atoms with van der Waals surface area (Å²) in [6, 6.07) is 18.4. The molecule has 156 valence electrons. The molecule has 0 aliphatic rings. The van der Waals surface area contributed by atoms with Crippen LogP contribution in [0, 0.1) is 5.82 Å². The third-order valence-corrected chi connectivity index (χ3v) is 6.38. The summed E-state index contributed by atoms with van der Waals surface area (Å²) in [5.74, 6) is -0.659. The average molecular weight is 492 g/mol. The Kier molecular flexibility index (Phi) is 6.58. The minimum Gasteiger partial charge on any atom is -0.346 e. The highest BCUT2D eigenvalue weighted by atomic mass is 35.5. The van der Waals surface area contributed by atoms with Gasteiger partial charge in [0.2, 0.25) is 0 Å². The average Bonchev–Trinajstić information content (AvgIpc) is 3.19. The van der Waals surface area contributed by atoms with Gasteiger partial charge in [0.25, 0.3) is 5.91 Å². The first kappa shape index (κ1) is 21.8. The van der Waals surface area contributed by atoms with Crippen LogP contribution in [-0.4, -0.2) is 10.9 Å². The van der Waals surface area contributed by atoms with Gasteiger partial charge in [-0.2, -0.15) is 0 Å². The zero-order chi connectivity index (χ0) is 22.0. The van der Waals surface area contributed by atoms with E-state index in [0.29, 0.717) is 26.3 Å². The second kappa shape index (κ2) is 9.37. The first-order chi connectivity index (χ1) is 14.9. The van der Waals surface area contributed by atoms with Crippen molar-refractivity contribution >= 4 is 52.0 Å². The molecule has 3 aromatic carbocycles. The van der Waals surface area contributed by atoms with Crippen LogP contribution in [0.25, 0.3) is 21.7 Å². The first-order valence-corrected chi connectivity index (χ1v) is 11.1. The predicted octanol–water partition coefficient (Wildman–Crippen LogP) is 7.51. The number of carbonyl (C=O) groups is 1. The van der Waals surface area contributed by atoms with Crippen LogP contribution < -0.4 is 5.32 Å². The standard InChI is InChI=1S/C23H14Cl3FN2OS/c24-15-5-3-14(4-6-15)21-20(18-10-7-16(25)11-19(18)26)29-23(31-21)22(30)28-12-13-1-8-17(27)9-2-13/h1-11H,12H2,(H,28,30). The van der Waals surface area contributed by atoms with Crippen molar-refractivity contribution in [3.63, 3.8) is 0 Å². The van der Waals surface area contributed by atoms with Crippen LogP contribution in [0.2, 0.25) is 15.1 Å². The fourth-order valence-corrected chi connectivity index (χ4v) is 4.56. The molecule has 0 saturated carbocycles. The number of hydrogen-bond acceptors (Lipinski definition) is 3. The molecule has 1 amide bonds. The van der Waals surface area contributed by atoms with E-state index < -0.39 is 0 Å². The van der Waals surface area contributed by atoms with E-state index in [9.17, 15) is 9.18 Å². The zero-order valence-corrected chi connectivity index (χ0v) is 18.9. The SMILES string of the molecule is O=C(NCc1ccc(F)cc1)c1nc(-c2ccc(Cl)cc2Cl)c(-c2ccc(Cl)cc2)s1. The molecule has 31 heavy (non-hydrogen) atoms. The minimum atomic E-state index is -0.333. The smallest absolute Gasteiger partial charge is 0.280 e. The number of amides is 1. The minimum absolute atomic E-state index is 0.256. The number of halogens is 4. The number of nitrogens with zero attached hydrogens (tertiary/aromatic N) is 1. The quantitative estimate of drug-likeness (QED) is 0.314. The summed E-state index contributed by atoms with van der Waals surface area (Å²) < 4.78 is 13.1. The first-order valence-electron chi connectivity index (χ1n) is 9.15. The molecule has 1 heterocycles. The van der Waals surface area contributed by atoms with E-state index in [1.165, 1.54) is 23.5 Å². The van der Waals surface area contributed by atoms with Crippen molar-refractivity contribution in [2.45, 2.75) is 6.54 Å². The van der Waals surface area contributed by atoms with Gasteiger partial charge in [0.1, 0.15) is 5.82 Å². The Morgan fingerprint density at radius 3 is 2.29 bits per heavy atom. The van der Waals surface area contributed by atoms with Gasteiger partial charge in [0, 0.05) is 22.2 Å². The molecule has 0 spiro atoms. The number of aromatic nitrogens is 1. The maximum absolute atomic E-state index is 13.1. The van der Waals surface area contributed by atoms with E-state index in [2.05, 4.69) is 10.3 Å². The summed E-state index contributed by atoms with van der Waals surface area (Å²) in [5.41, 5.74) is 2.90. The summed E-state index contributed by atoms with van der Waals surface area (Å²) in [6.45, 7) is 0.256. The molecule has 1 aromatic heterocycles. The molecule has 0 atom stereocenters. The highest BCUT2D eigenvalue weighted by Gasteiger charge is 2.21. The summed E-state index contributed by atoms with van der Waals surface area (Å²) in [6.07, 6.45) is 0. The Labute approximate surface area is 197 Å². The lowest BCUT2D eigenvalue weighted by atomic mass is 10.1. The highest BCUT2D eigenvalue weighted by molar-refractivity contribution is 7.17. The van der Waals surface area contributed by atoms with Crippen molar-refractivity contribution in [1.29, 1.82) is 0 Å². The van der Waals surface area contributed by atoms with Crippen molar-refractivity contribution in [2.75, 3.05) is 0 Å². The van der Waals surface area contributed by atoms with Gasteiger partial charge in [-0.1, -0.05) is 59.1 Å². The Bertz CT molecular complexity index is 1240. The summed E-state index contributed by atoms with van der Waals surface area (Å²) in [4.78, 5) is 18.2. The third-order valence-electron chi connectivity index (χ3n) is 4.48. The Morgan fingerprint density at radius 1 is 0.935 bits per heavy atom. The van der Waals surface area contributed by atoms with Gasteiger partial charge in [-0.15, -0.1) is 11.3 Å². The van der Waals surface area contributed by atoms with Crippen LogP contribution >= 0.6 is 46.1 Å². The molecular formula is C23H14Cl3FN2OS. The second-order valence-corrected chi connectivity index (χ2v) is 8.92.